The smallest absolute Gasteiger partial charge is 0.384 e. The van der Waals surface area contributed by atoms with E-state index in [-0.39, 0.29) is 10.7 Å². The Morgan fingerprint density at radius 2 is 1.85 bits per heavy atom. The van der Waals surface area contributed by atoms with Crippen molar-refractivity contribution in [3.05, 3.63) is 28.8 Å². The zero-order valence-corrected chi connectivity index (χ0v) is 12.2. The summed E-state index contributed by atoms with van der Waals surface area (Å²) in [6.45, 7) is 2.82. The molecule has 5 heteroatoms. The zero-order chi connectivity index (χ0) is 14.8. The van der Waals surface area contributed by atoms with Gasteiger partial charge in [0.05, 0.1) is 5.56 Å². The minimum atomic E-state index is -4.38. The van der Waals surface area contributed by atoms with E-state index in [1.807, 2.05) is 0 Å². The predicted octanol–water partition coefficient (Wildman–Crippen LogP) is 5.60. The lowest BCUT2D eigenvalue weighted by Crippen LogP contribution is -2.21. The molecule has 1 aromatic carbocycles. The Bertz CT molecular complexity index is 451. The first-order valence-electron chi connectivity index (χ1n) is 6.97. The fourth-order valence-electron chi connectivity index (χ4n) is 2.69. The van der Waals surface area contributed by atoms with Crippen molar-refractivity contribution < 1.29 is 13.2 Å². The van der Waals surface area contributed by atoms with Crippen LogP contribution in [-0.2, 0) is 6.18 Å². The van der Waals surface area contributed by atoms with E-state index in [4.69, 9.17) is 11.6 Å². The first-order valence-corrected chi connectivity index (χ1v) is 7.34. The van der Waals surface area contributed by atoms with Crippen molar-refractivity contribution in [1.29, 1.82) is 0 Å². The third kappa shape index (κ3) is 4.05. The fourth-order valence-corrected chi connectivity index (χ4v) is 2.86. The van der Waals surface area contributed by atoms with E-state index < -0.39 is 11.7 Å². The van der Waals surface area contributed by atoms with Crippen molar-refractivity contribution >= 4 is 17.3 Å². The van der Waals surface area contributed by atoms with Gasteiger partial charge in [-0.15, -0.1) is 0 Å². The van der Waals surface area contributed by atoms with E-state index in [1.54, 1.807) is 0 Å². The Balaban J connectivity index is 2.02. The van der Waals surface area contributed by atoms with Gasteiger partial charge in [-0.25, -0.2) is 0 Å². The summed E-state index contributed by atoms with van der Waals surface area (Å²) in [5.74, 6) is 1.20. The molecule has 0 aromatic heterocycles. The van der Waals surface area contributed by atoms with Crippen molar-refractivity contribution in [3.63, 3.8) is 0 Å². The highest BCUT2D eigenvalue weighted by Crippen LogP contribution is 2.37. The lowest BCUT2D eigenvalue weighted by molar-refractivity contribution is -0.136. The maximum absolute atomic E-state index is 12.9. The van der Waals surface area contributed by atoms with Gasteiger partial charge in [0.2, 0.25) is 0 Å². The SMILES string of the molecule is CC1CCC(CNc2ccc(Cl)cc2C(F)(F)F)CC1. The van der Waals surface area contributed by atoms with Crippen LogP contribution in [0.15, 0.2) is 18.2 Å². The molecule has 1 aliphatic carbocycles. The van der Waals surface area contributed by atoms with Gasteiger partial charge in [0.25, 0.3) is 0 Å². The minimum absolute atomic E-state index is 0.106. The van der Waals surface area contributed by atoms with Crippen LogP contribution in [0.3, 0.4) is 0 Å². The van der Waals surface area contributed by atoms with Gasteiger partial charge < -0.3 is 5.32 Å². The van der Waals surface area contributed by atoms with Crippen LogP contribution < -0.4 is 5.32 Å². The molecule has 2 rings (SSSR count). The first kappa shape index (κ1) is 15.5. The molecule has 0 spiro atoms. The second-order valence-electron chi connectivity index (χ2n) is 5.69. The van der Waals surface area contributed by atoms with Gasteiger partial charge in [0.1, 0.15) is 0 Å². The van der Waals surface area contributed by atoms with E-state index in [2.05, 4.69) is 12.2 Å². The Kier molecular flexibility index (Phi) is 4.84. The number of alkyl halides is 3. The standard InChI is InChI=1S/C15H19ClF3N/c1-10-2-4-11(5-3-10)9-20-14-7-6-12(16)8-13(14)15(17,18)19/h6-8,10-11,20H,2-5,9H2,1H3. The number of hydrogen-bond acceptors (Lipinski definition) is 1. The molecule has 0 bridgehead atoms. The molecule has 1 aromatic rings. The van der Waals surface area contributed by atoms with Gasteiger partial charge in [-0.3, -0.25) is 0 Å². The number of nitrogens with one attached hydrogen (secondary N) is 1. The lowest BCUT2D eigenvalue weighted by Gasteiger charge is -2.27. The average molecular weight is 306 g/mol. The molecule has 20 heavy (non-hydrogen) atoms. The molecule has 1 nitrogen and oxygen atoms in total. The van der Waals surface area contributed by atoms with E-state index >= 15 is 0 Å². The van der Waals surface area contributed by atoms with E-state index in [0.717, 1.165) is 24.8 Å². The molecule has 0 radical (unpaired) electrons. The second-order valence-corrected chi connectivity index (χ2v) is 6.13. The lowest BCUT2D eigenvalue weighted by atomic mass is 9.83. The highest BCUT2D eigenvalue weighted by atomic mass is 35.5. The van der Waals surface area contributed by atoms with Crippen LogP contribution in [0.5, 0.6) is 0 Å². The molecule has 0 atom stereocenters. The molecule has 1 N–H and O–H groups in total. The third-order valence-electron chi connectivity index (χ3n) is 4.00. The number of hydrogen-bond donors (Lipinski definition) is 1. The summed E-state index contributed by atoms with van der Waals surface area (Å²) in [7, 11) is 0. The summed E-state index contributed by atoms with van der Waals surface area (Å²) in [5, 5.41) is 3.06. The highest BCUT2D eigenvalue weighted by molar-refractivity contribution is 6.30. The number of halogens is 4. The summed E-state index contributed by atoms with van der Waals surface area (Å²) in [6.07, 6.45) is 0.124. The summed E-state index contributed by atoms with van der Waals surface area (Å²) in [5.41, 5.74) is -0.560. The van der Waals surface area contributed by atoms with Crippen molar-refractivity contribution in [2.24, 2.45) is 11.8 Å². The third-order valence-corrected chi connectivity index (χ3v) is 4.24. The Morgan fingerprint density at radius 3 is 2.45 bits per heavy atom. The minimum Gasteiger partial charge on any atom is -0.384 e. The maximum atomic E-state index is 12.9. The van der Waals surface area contributed by atoms with Gasteiger partial charge in [-0.1, -0.05) is 31.4 Å². The average Bonchev–Trinajstić information content (AvgIpc) is 2.38. The normalized spacial score (nSPS) is 23.6. The van der Waals surface area contributed by atoms with E-state index in [0.29, 0.717) is 12.5 Å². The second kappa shape index (κ2) is 6.25. The molecular weight excluding hydrogens is 287 g/mol. The van der Waals surface area contributed by atoms with Crippen molar-refractivity contribution in [1.82, 2.24) is 0 Å². The number of rotatable bonds is 3. The van der Waals surface area contributed by atoms with Gasteiger partial charge >= 0.3 is 6.18 Å². The quantitative estimate of drug-likeness (QED) is 0.766. The topological polar surface area (TPSA) is 12.0 Å². The summed E-state index contributed by atoms with van der Waals surface area (Å²) >= 11 is 5.66. The van der Waals surface area contributed by atoms with Crippen LogP contribution >= 0.6 is 11.6 Å². The van der Waals surface area contributed by atoms with Crippen molar-refractivity contribution in [2.75, 3.05) is 11.9 Å². The van der Waals surface area contributed by atoms with Crippen LogP contribution in [0, 0.1) is 11.8 Å². The van der Waals surface area contributed by atoms with Gasteiger partial charge in [0.15, 0.2) is 0 Å². The van der Waals surface area contributed by atoms with Gasteiger partial charge in [0, 0.05) is 17.3 Å². The molecule has 0 saturated heterocycles. The van der Waals surface area contributed by atoms with E-state index in [1.165, 1.54) is 25.0 Å². The molecule has 1 saturated carbocycles. The van der Waals surface area contributed by atoms with Gasteiger partial charge in [-0.05, 0) is 42.9 Å². The number of anilines is 1. The summed E-state index contributed by atoms with van der Waals surface area (Å²) in [4.78, 5) is 0. The van der Waals surface area contributed by atoms with Crippen LogP contribution in [0.1, 0.15) is 38.2 Å². The molecule has 0 unspecified atom stereocenters. The molecule has 0 heterocycles. The Hall–Kier alpha value is -0.900. The highest BCUT2D eigenvalue weighted by Gasteiger charge is 2.34. The summed E-state index contributed by atoms with van der Waals surface area (Å²) < 4.78 is 38.8. The van der Waals surface area contributed by atoms with Crippen LogP contribution in [-0.4, -0.2) is 6.54 Å². The first-order chi connectivity index (χ1) is 9.36. The molecule has 1 fully saturated rings. The molecule has 112 valence electrons. The van der Waals surface area contributed by atoms with Crippen LogP contribution in [0.2, 0.25) is 5.02 Å². The predicted molar refractivity (Wildman–Crippen MR) is 76.1 cm³/mol. The molecular formula is C15H19ClF3N. The molecule has 1 aliphatic rings. The zero-order valence-electron chi connectivity index (χ0n) is 11.4. The largest absolute Gasteiger partial charge is 0.418 e. The Morgan fingerprint density at radius 1 is 1.20 bits per heavy atom. The van der Waals surface area contributed by atoms with E-state index in [9.17, 15) is 13.2 Å². The van der Waals surface area contributed by atoms with Crippen LogP contribution in [0.25, 0.3) is 0 Å². The van der Waals surface area contributed by atoms with Crippen LogP contribution in [0.4, 0.5) is 18.9 Å². The summed E-state index contributed by atoms with van der Waals surface area (Å²) in [6, 6.07) is 3.88. The fraction of sp³-hybridized carbons (Fsp3) is 0.600. The van der Waals surface area contributed by atoms with Crippen molar-refractivity contribution in [2.45, 2.75) is 38.8 Å². The molecule has 0 amide bonds. The number of benzene rings is 1. The van der Waals surface area contributed by atoms with Crippen molar-refractivity contribution in [3.8, 4) is 0 Å². The molecule has 0 aliphatic heterocycles. The van der Waals surface area contributed by atoms with Gasteiger partial charge in [-0.2, -0.15) is 13.2 Å². The monoisotopic (exact) mass is 305 g/mol. The maximum Gasteiger partial charge on any atom is 0.418 e. The Labute approximate surface area is 122 Å².